The lowest BCUT2D eigenvalue weighted by Gasteiger charge is -2.18. The number of benzene rings is 1. The van der Waals surface area contributed by atoms with E-state index in [2.05, 4.69) is 10.0 Å². The van der Waals surface area contributed by atoms with Crippen LogP contribution < -0.4 is 10.0 Å². The molecule has 7 heteroatoms. The van der Waals surface area contributed by atoms with Crippen molar-refractivity contribution in [2.45, 2.75) is 11.3 Å². The van der Waals surface area contributed by atoms with E-state index in [-0.39, 0.29) is 0 Å². The lowest BCUT2D eigenvalue weighted by molar-refractivity contribution is 0.462. The van der Waals surface area contributed by atoms with Crippen molar-refractivity contribution in [1.29, 1.82) is 0 Å². The van der Waals surface area contributed by atoms with Crippen LogP contribution in [0.1, 0.15) is 6.42 Å². The van der Waals surface area contributed by atoms with Crippen LogP contribution in [-0.4, -0.2) is 46.2 Å². The Morgan fingerprint density at radius 1 is 1.26 bits per heavy atom. The fourth-order valence-corrected chi connectivity index (χ4v) is 2.85. The maximum absolute atomic E-state index is 12.0. The van der Waals surface area contributed by atoms with Gasteiger partial charge in [0, 0.05) is 24.2 Å². The number of nitrogens with one attached hydrogen (secondary N) is 2. The van der Waals surface area contributed by atoms with Crippen LogP contribution in [0.4, 0.5) is 5.69 Å². The number of thioether (sulfide) groups is 1. The smallest absolute Gasteiger partial charge is 0.301 e. The van der Waals surface area contributed by atoms with Crippen LogP contribution in [0.15, 0.2) is 29.2 Å². The molecule has 5 nitrogen and oxygen atoms in total. The molecule has 1 rings (SSSR count). The van der Waals surface area contributed by atoms with E-state index < -0.39 is 10.2 Å². The zero-order valence-corrected chi connectivity index (χ0v) is 13.1. The molecule has 0 atom stereocenters. The molecule has 0 fully saturated rings. The molecule has 0 amide bonds. The second-order valence-electron chi connectivity index (χ2n) is 4.11. The van der Waals surface area contributed by atoms with Gasteiger partial charge in [-0.3, -0.25) is 4.72 Å². The van der Waals surface area contributed by atoms with Crippen LogP contribution in [0.5, 0.6) is 0 Å². The second kappa shape index (κ2) is 7.74. The molecule has 1 aromatic rings. The Hall–Kier alpha value is -0.760. The van der Waals surface area contributed by atoms with E-state index in [1.165, 1.54) is 4.31 Å². The number of hydrogen-bond acceptors (Lipinski definition) is 4. The van der Waals surface area contributed by atoms with Crippen LogP contribution in [0.3, 0.4) is 0 Å². The van der Waals surface area contributed by atoms with Crippen molar-refractivity contribution in [2.75, 3.05) is 38.2 Å². The molecule has 0 spiro atoms. The van der Waals surface area contributed by atoms with Gasteiger partial charge in [-0.15, -0.1) is 11.8 Å². The average molecular weight is 303 g/mol. The van der Waals surface area contributed by atoms with Crippen LogP contribution in [-0.2, 0) is 10.2 Å². The van der Waals surface area contributed by atoms with E-state index in [0.29, 0.717) is 12.2 Å². The predicted molar refractivity (Wildman–Crippen MR) is 81.9 cm³/mol. The van der Waals surface area contributed by atoms with Crippen molar-refractivity contribution < 1.29 is 8.42 Å². The van der Waals surface area contributed by atoms with Crippen LogP contribution in [0.25, 0.3) is 0 Å². The number of hydrogen-bond donors (Lipinski definition) is 2. The minimum atomic E-state index is -3.46. The molecule has 0 saturated carbocycles. The first-order valence-corrected chi connectivity index (χ1v) is 8.69. The van der Waals surface area contributed by atoms with E-state index in [1.807, 2.05) is 25.4 Å². The summed E-state index contributed by atoms with van der Waals surface area (Å²) in [5.74, 6) is 0. The molecule has 0 aliphatic heterocycles. The summed E-state index contributed by atoms with van der Waals surface area (Å²) in [6, 6.07) is 7.32. The average Bonchev–Trinajstić information content (AvgIpc) is 2.39. The molecular formula is C12H21N3O2S2. The third-order valence-corrected chi connectivity index (χ3v) is 4.89. The SMILES string of the molecule is CNCCCN(C)S(=O)(=O)Nc1ccc(SC)cc1. The van der Waals surface area contributed by atoms with E-state index in [0.717, 1.165) is 17.9 Å². The fraction of sp³-hybridized carbons (Fsp3) is 0.500. The van der Waals surface area contributed by atoms with Gasteiger partial charge in [-0.2, -0.15) is 12.7 Å². The van der Waals surface area contributed by atoms with Gasteiger partial charge in [-0.25, -0.2) is 0 Å². The standard InChI is InChI=1S/C12H21N3O2S2/c1-13-9-4-10-15(2)19(16,17)14-11-5-7-12(18-3)8-6-11/h5-8,13-14H,4,9-10H2,1-3H3. The zero-order chi connectivity index (χ0) is 14.3. The topological polar surface area (TPSA) is 61.4 Å². The highest BCUT2D eigenvalue weighted by atomic mass is 32.2. The van der Waals surface area contributed by atoms with Gasteiger partial charge in [0.05, 0.1) is 0 Å². The molecule has 0 aliphatic rings. The van der Waals surface area contributed by atoms with Gasteiger partial charge in [0.2, 0.25) is 0 Å². The number of rotatable bonds is 8. The minimum absolute atomic E-state index is 0.485. The number of nitrogens with zero attached hydrogens (tertiary/aromatic N) is 1. The maximum atomic E-state index is 12.0. The van der Waals surface area contributed by atoms with Crippen molar-refractivity contribution in [3.63, 3.8) is 0 Å². The Morgan fingerprint density at radius 3 is 2.42 bits per heavy atom. The molecule has 0 unspecified atom stereocenters. The van der Waals surface area contributed by atoms with Crippen molar-refractivity contribution in [3.8, 4) is 0 Å². The highest BCUT2D eigenvalue weighted by Crippen LogP contribution is 2.18. The van der Waals surface area contributed by atoms with E-state index in [9.17, 15) is 8.42 Å². The molecule has 0 saturated heterocycles. The summed E-state index contributed by atoms with van der Waals surface area (Å²) in [6.07, 6.45) is 2.76. The lowest BCUT2D eigenvalue weighted by atomic mass is 10.3. The van der Waals surface area contributed by atoms with Crippen molar-refractivity contribution in [1.82, 2.24) is 9.62 Å². The van der Waals surface area contributed by atoms with E-state index >= 15 is 0 Å². The Bertz CT molecular complexity index is 474. The Morgan fingerprint density at radius 2 is 1.89 bits per heavy atom. The molecule has 0 aliphatic carbocycles. The van der Waals surface area contributed by atoms with E-state index in [4.69, 9.17) is 0 Å². The van der Waals surface area contributed by atoms with Gasteiger partial charge < -0.3 is 5.32 Å². The molecule has 0 bridgehead atoms. The fourth-order valence-electron chi connectivity index (χ4n) is 1.48. The van der Waals surface area contributed by atoms with Crippen molar-refractivity contribution in [2.24, 2.45) is 0 Å². The molecule has 0 radical (unpaired) electrons. The molecule has 0 heterocycles. The van der Waals surface area contributed by atoms with Gasteiger partial charge in [0.25, 0.3) is 0 Å². The van der Waals surface area contributed by atoms with Crippen LogP contribution >= 0.6 is 11.8 Å². The summed E-state index contributed by atoms with van der Waals surface area (Å²) >= 11 is 1.62. The summed E-state index contributed by atoms with van der Waals surface area (Å²) in [5.41, 5.74) is 0.582. The van der Waals surface area contributed by atoms with Crippen molar-refractivity contribution >= 4 is 27.7 Å². The minimum Gasteiger partial charge on any atom is -0.320 e. The normalized spacial score (nSPS) is 11.8. The summed E-state index contributed by atoms with van der Waals surface area (Å²) in [7, 11) is -0.0397. The van der Waals surface area contributed by atoms with Gasteiger partial charge in [-0.1, -0.05) is 0 Å². The predicted octanol–water partition coefficient (Wildman–Crippen LogP) is 1.61. The molecule has 0 aromatic heterocycles. The zero-order valence-electron chi connectivity index (χ0n) is 11.5. The lowest BCUT2D eigenvalue weighted by Crippen LogP contribution is -2.34. The maximum Gasteiger partial charge on any atom is 0.301 e. The summed E-state index contributed by atoms with van der Waals surface area (Å²) in [5, 5.41) is 2.99. The van der Waals surface area contributed by atoms with E-state index in [1.54, 1.807) is 30.9 Å². The first kappa shape index (κ1) is 16.3. The molecule has 19 heavy (non-hydrogen) atoms. The monoisotopic (exact) mass is 303 g/mol. The van der Waals surface area contributed by atoms with Gasteiger partial charge in [0.15, 0.2) is 0 Å². The third-order valence-electron chi connectivity index (χ3n) is 2.65. The Kier molecular flexibility index (Phi) is 6.64. The van der Waals surface area contributed by atoms with Gasteiger partial charge in [-0.05, 0) is 50.5 Å². The Labute approximate surface area is 119 Å². The number of anilines is 1. The van der Waals surface area contributed by atoms with Gasteiger partial charge in [0.1, 0.15) is 0 Å². The van der Waals surface area contributed by atoms with Gasteiger partial charge >= 0.3 is 10.2 Å². The molecule has 1 aromatic carbocycles. The molecule has 2 N–H and O–H groups in total. The first-order valence-electron chi connectivity index (χ1n) is 6.02. The van der Waals surface area contributed by atoms with Crippen LogP contribution in [0.2, 0.25) is 0 Å². The summed E-state index contributed by atoms with van der Waals surface area (Å²) in [6.45, 7) is 1.28. The van der Waals surface area contributed by atoms with Crippen molar-refractivity contribution in [3.05, 3.63) is 24.3 Å². The second-order valence-corrected chi connectivity index (χ2v) is 6.77. The summed E-state index contributed by atoms with van der Waals surface area (Å²) < 4.78 is 28.0. The highest BCUT2D eigenvalue weighted by molar-refractivity contribution is 7.98. The first-order chi connectivity index (χ1) is 8.99. The molecular weight excluding hydrogens is 282 g/mol. The third kappa shape index (κ3) is 5.40. The highest BCUT2D eigenvalue weighted by Gasteiger charge is 2.16. The summed E-state index contributed by atoms with van der Waals surface area (Å²) in [4.78, 5) is 1.10. The Balaban J connectivity index is 2.62. The molecule has 108 valence electrons. The van der Waals surface area contributed by atoms with Crippen LogP contribution in [0, 0.1) is 0 Å². The quantitative estimate of drug-likeness (QED) is 0.566. The largest absolute Gasteiger partial charge is 0.320 e.